The smallest absolute Gasteiger partial charge is 0.220 e. The van der Waals surface area contributed by atoms with E-state index in [0.29, 0.717) is 31.3 Å². The Labute approximate surface area is 380 Å². The number of carbonyl (C=O) groups is 1. The molecule has 0 aliphatic carbocycles. The zero-order valence-corrected chi connectivity index (χ0v) is 41.7. The molecule has 1 saturated heterocycles. The minimum Gasteiger partial charge on any atom is -0.390 e. The minimum absolute atomic E-state index is 0.0747. The van der Waals surface area contributed by atoms with E-state index in [1.165, 1.54) is 186 Å². The fourth-order valence-corrected chi connectivity index (χ4v) is 9.44. The van der Waals surface area contributed by atoms with E-state index in [1.807, 2.05) is 0 Å². The summed E-state index contributed by atoms with van der Waals surface area (Å²) < 4.78 is 18.1. The Morgan fingerprint density at radius 1 is 0.525 bits per heavy atom. The Bertz CT molecular complexity index is 935. The Kier molecular flexibility index (Phi) is 40.1. The van der Waals surface area contributed by atoms with Crippen molar-refractivity contribution in [2.75, 3.05) is 20.3 Å². The lowest BCUT2D eigenvalue weighted by atomic mass is 9.79. The van der Waals surface area contributed by atoms with Crippen LogP contribution in [0.2, 0.25) is 0 Å². The van der Waals surface area contributed by atoms with Crippen molar-refractivity contribution in [2.45, 2.75) is 303 Å². The van der Waals surface area contributed by atoms with Gasteiger partial charge in [0.15, 0.2) is 6.29 Å². The van der Waals surface area contributed by atoms with Crippen LogP contribution < -0.4 is 5.32 Å². The lowest BCUT2D eigenvalue weighted by Crippen LogP contribution is -2.53. The van der Waals surface area contributed by atoms with Gasteiger partial charge in [-0.25, -0.2) is 0 Å². The van der Waals surface area contributed by atoms with Crippen LogP contribution in [0.15, 0.2) is 0 Å². The first kappa shape index (κ1) is 58.3. The number of hydrogen-bond acceptors (Lipinski definition) is 6. The molecule has 0 saturated carbocycles. The Morgan fingerprint density at radius 2 is 0.885 bits per heavy atom. The van der Waals surface area contributed by atoms with Gasteiger partial charge in [-0.3, -0.25) is 4.79 Å². The molecule has 0 aromatic carbocycles. The molecular weight excluding hydrogens is 759 g/mol. The number of aliphatic hydroxyl groups excluding tert-OH is 2. The third kappa shape index (κ3) is 31.7. The number of amides is 1. The number of carbonyl (C=O) groups excluding carboxylic acids is 1. The molecule has 61 heavy (non-hydrogen) atoms. The molecular formula is C54H107NO6. The molecule has 1 rings (SSSR count). The van der Waals surface area contributed by atoms with E-state index >= 15 is 0 Å². The van der Waals surface area contributed by atoms with E-state index in [9.17, 15) is 15.0 Å². The van der Waals surface area contributed by atoms with Crippen molar-refractivity contribution in [2.24, 2.45) is 17.8 Å². The van der Waals surface area contributed by atoms with Crippen LogP contribution in [0.3, 0.4) is 0 Å². The van der Waals surface area contributed by atoms with Gasteiger partial charge in [0.2, 0.25) is 5.91 Å². The summed E-state index contributed by atoms with van der Waals surface area (Å²) >= 11 is 0. The van der Waals surface area contributed by atoms with Gasteiger partial charge >= 0.3 is 0 Å². The van der Waals surface area contributed by atoms with Crippen LogP contribution in [0.25, 0.3) is 0 Å². The molecule has 0 radical (unpaired) electrons. The Morgan fingerprint density at radius 3 is 1.26 bits per heavy atom. The van der Waals surface area contributed by atoms with Gasteiger partial charge in [-0.05, 0) is 24.7 Å². The number of hydrogen-bond donors (Lipinski definition) is 3. The molecule has 7 heteroatoms. The second kappa shape index (κ2) is 41.9. The molecule has 364 valence electrons. The first-order valence-corrected chi connectivity index (χ1v) is 27.2. The highest BCUT2D eigenvalue weighted by atomic mass is 16.7. The van der Waals surface area contributed by atoms with E-state index in [0.717, 1.165) is 38.5 Å². The summed E-state index contributed by atoms with van der Waals surface area (Å²) in [5.74, 6) is 0.769. The predicted octanol–water partition coefficient (Wildman–Crippen LogP) is 15.0. The van der Waals surface area contributed by atoms with Crippen molar-refractivity contribution in [3.05, 3.63) is 0 Å². The van der Waals surface area contributed by atoms with Crippen LogP contribution in [0.5, 0.6) is 0 Å². The van der Waals surface area contributed by atoms with Gasteiger partial charge in [0.05, 0.1) is 31.5 Å². The van der Waals surface area contributed by atoms with Gasteiger partial charge < -0.3 is 29.7 Å². The quantitative estimate of drug-likeness (QED) is 0.0528. The molecule has 7 nitrogen and oxygen atoms in total. The predicted molar refractivity (Wildman–Crippen MR) is 260 cm³/mol. The lowest BCUT2D eigenvalue weighted by Gasteiger charge is -2.43. The molecule has 0 bridgehead atoms. The summed E-state index contributed by atoms with van der Waals surface area (Å²) in [7, 11) is 1.69. The Balaban J connectivity index is 2.30. The van der Waals surface area contributed by atoms with Crippen LogP contribution in [0.1, 0.15) is 272 Å². The fourth-order valence-electron chi connectivity index (χ4n) is 9.44. The number of unbranched alkanes of at least 4 members (excludes halogenated alkanes) is 33. The van der Waals surface area contributed by atoms with Crippen LogP contribution >= 0.6 is 0 Å². The molecule has 2 unspecified atom stereocenters. The number of nitrogens with one attached hydrogen (secondary N) is 1. The number of methoxy groups -OCH3 is 1. The summed E-state index contributed by atoms with van der Waals surface area (Å²) in [5.41, 5.74) is 0. The molecule has 0 aromatic rings. The molecule has 1 aliphatic rings. The minimum atomic E-state index is -1.10. The van der Waals surface area contributed by atoms with Gasteiger partial charge in [0.1, 0.15) is 6.10 Å². The molecule has 1 aliphatic heterocycles. The summed E-state index contributed by atoms with van der Waals surface area (Å²) in [5, 5.41) is 25.5. The third-order valence-electron chi connectivity index (χ3n) is 14.3. The maximum Gasteiger partial charge on any atom is 0.220 e. The van der Waals surface area contributed by atoms with E-state index in [2.05, 4.69) is 39.9 Å². The maximum absolute atomic E-state index is 13.2. The summed E-state index contributed by atoms with van der Waals surface area (Å²) in [4.78, 5) is 13.2. The van der Waals surface area contributed by atoms with Crippen molar-refractivity contribution >= 4 is 5.91 Å². The molecule has 1 heterocycles. The second-order valence-corrected chi connectivity index (χ2v) is 19.8. The fraction of sp³-hybridized carbons (Fsp3) is 0.981. The van der Waals surface area contributed by atoms with Crippen molar-refractivity contribution in [1.29, 1.82) is 0 Å². The zero-order chi connectivity index (χ0) is 44.6. The first-order chi connectivity index (χ1) is 29.8. The van der Waals surface area contributed by atoms with Crippen molar-refractivity contribution in [1.82, 2.24) is 5.32 Å². The topological polar surface area (TPSA) is 97.3 Å². The molecule has 3 N–H and O–H groups in total. The number of aliphatic hydroxyl groups is 2. The van der Waals surface area contributed by atoms with E-state index in [-0.39, 0.29) is 24.5 Å². The van der Waals surface area contributed by atoms with Crippen molar-refractivity contribution in [3.8, 4) is 0 Å². The number of ether oxygens (including phenoxy) is 3. The average molecular weight is 866 g/mol. The average Bonchev–Trinajstić information content (AvgIpc) is 3.25. The molecule has 0 spiro atoms. The van der Waals surface area contributed by atoms with Crippen molar-refractivity contribution in [3.63, 3.8) is 0 Å². The highest BCUT2D eigenvalue weighted by Crippen LogP contribution is 2.35. The molecule has 0 aromatic heterocycles. The van der Waals surface area contributed by atoms with E-state index in [4.69, 9.17) is 14.2 Å². The maximum atomic E-state index is 13.2. The van der Waals surface area contributed by atoms with Gasteiger partial charge in [-0.1, -0.05) is 253 Å². The highest BCUT2D eigenvalue weighted by molar-refractivity contribution is 5.76. The third-order valence-corrected chi connectivity index (χ3v) is 14.3. The first-order valence-electron chi connectivity index (χ1n) is 27.2. The molecule has 1 fully saturated rings. The van der Waals surface area contributed by atoms with Gasteiger partial charge in [-0.15, -0.1) is 0 Å². The molecule has 1 amide bonds. The molecule has 8 atom stereocenters. The zero-order valence-electron chi connectivity index (χ0n) is 41.7. The SMILES string of the molecule is CCCCCCCCCCCCCCCCCCCCCCCCCC(=O)N[C@@H](CO[C@@H]1OC(COC)[C@H](C)[C@H](C)C1C)[C@H](O)[C@H](O)CCCCCCCCCCCCCC. The standard InChI is InChI=1S/C54H107NO6/c1-7-9-11-13-15-17-19-21-22-23-24-25-26-27-28-29-30-31-33-35-37-39-41-43-52(57)55-49(44-60-54-48(5)46(3)47(4)51(61-54)45-59-6)53(58)50(56)42-40-38-36-34-32-20-18-16-14-12-10-8-2/h46-51,53-54,56,58H,7-45H2,1-6H3,(H,55,57)/t46-,47+,48?,49-,50+,51?,53-,54+/m0/s1. The van der Waals surface area contributed by atoms with E-state index < -0.39 is 24.5 Å². The largest absolute Gasteiger partial charge is 0.390 e. The van der Waals surface area contributed by atoms with Crippen LogP contribution in [0.4, 0.5) is 0 Å². The number of rotatable bonds is 45. The normalized spacial score (nSPS) is 20.8. The van der Waals surface area contributed by atoms with Crippen LogP contribution in [0, 0.1) is 17.8 Å². The summed E-state index contributed by atoms with van der Waals surface area (Å²) in [6.45, 7) is 11.7. The Hall–Kier alpha value is -0.730. The van der Waals surface area contributed by atoms with Gasteiger partial charge in [0, 0.05) is 19.4 Å². The monoisotopic (exact) mass is 866 g/mol. The highest BCUT2D eigenvalue weighted by Gasteiger charge is 2.40. The van der Waals surface area contributed by atoms with Gasteiger partial charge in [-0.2, -0.15) is 0 Å². The lowest BCUT2D eigenvalue weighted by molar-refractivity contribution is -0.259. The van der Waals surface area contributed by atoms with Crippen LogP contribution in [-0.4, -0.2) is 67.1 Å². The van der Waals surface area contributed by atoms with E-state index in [1.54, 1.807) is 7.11 Å². The second-order valence-electron chi connectivity index (χ2n) is 19.8. The van der Waals surface area contributed by atoms with Gasteiger partial charge in [0.25, 0.3) is 0 Å². The van der Waals surface area contributed by atoms with Crippen LogP contribution in [-0.2, 0) is 19.0 Å². The summed E-state index contributed by atoms with van der Waals surface area (Å²) in [6, 6.07) is -0.698. The summed E-state index contributed by atoms with van der Waals surface area (Å²) in [6.07, 6.45) is 44.5. The van der Waals surface area contributed by atoms with Crippen molar-refractivity contribution < 1.29 is 29.2 Å².